The molecule has 1 aromatic heterocycles. The van der Waals surface area contributed by atoms with E-state index in [1.807, 2.05) is 6.92 Å². The molecule has 1 amide bonds. The summed E-state index contributed by atoms with van der Waals surface area (Å²) in [5, 5.41) is 6.33. The van der Waals surface area contributed by atoms with Crippen molar-refractivity contribution in [1.82, 2.24) is 10.3 Å². The molecule has 1 aliphatic rings. The highest BCUT2D eigenvalue weighted by molar-refractivity contribution is 6.29. The molecular formula is C13H18ClN3O. The number of carbonyl (C=O) groups excluding carboxylic acids is 1. The zero-order valence-corrected chi connectivity index (χ0v) is 11.3. The summed E-state index contributed by atoms with van der Waals surface area (Å²) in [6.45, 7) is 3.48. The van der Waals surface area contributed by atoms with Crippen LogP contribution in [0.25, 0.3) is 0 Å². The number of hydrogen-bond acceptors (Lipinski definition) is 3. The smallest absolute Gasteiger partial charge is 0.251 e. The van der Waals surface area contributed by atoms with Gasteiger partial charge in [-0.1, -0.05) is 18.0 Å². The zero-order valence-electron chi connectivity index (χ0n) is 10.5. The summed E-state index contributed by atoms with van der Waals surface area (Å²) in [6, 6.07) is 3.32. The number of anilines is 1. The summed E-state index contributed by atoms with van der Waals surface area (Å²) < 4.78 is 0. The molecule has 1 heterocycles. The number of pyridine rings is 1. The van der Waals surface area contributed by atoms with Gasteiger partial charge in [-0.2, -0.15) is 0 Å². The Balaban J connectivity index is 1.99. The summed E-state index contributed by atoms with van der Waals surface area (Å²) >= 11 is 5.90. The molecule has 0 spiro atoms. The van der Waals surface area contributed by atoms with Crippen LogP contribution >= 0.6 is 11.6 Å². The third kappa shape index (κ3) is 3.35. The molecule has 0 bridgehead atoms. The molecule has 98 valence electrons. The van der Waals surface area contributed by atoms with Crippen LogP contribution in [0.1, 0.15) is 36.5 Å². The highest BCUT2D eigenvalue weighted by Gasteiger charge is 2.18. The molecule has 1 aromatic rings. The summed E-state index contributed by atoms with van der Waals surface area (Å²) in [5.74, 6) is 1.21. The molecule has 0 aromatic carbocycles. The topological polar surface area (TPSA) is 54.0 Å². The van der Waals surface area contributed by atoms with Crippen LogP contribution in [0.3, 0.4) is 0 Å². The molecule has 0 aliphatic heterocycles. The second-order valence-corrected chi connectivity index (χ2v) is 4.99. The molecule has 0 atom stereocenters. The normalized spacial score (nSPS) is 15.0. The fraction of sp³-hybridized carbons (Fsp3) is 0.538. The monoisotopic (exact) mass is 267 g/mol. The van der Waals surface area contributed by atoms with Crippen LogP contribution in [0.2, 0.25) is 5.15 Å². The predicted octanol–water partition coefficient (Wildman–Crippen LogP) is 2.70. The van der Waals surface area contributed by atoms with Gasteiger partial charge in [-0.25, -0.2) is 4.98 Å². The van der Waals surface area contributed by atoms with Gasteiger partial charge in [-0.05, 0) is 37.8 Å². The zero-order chi connectivity index (χ0) is 13.0. The van der Waals surface area contributed by atoms with Crippen molar-refractivity contribution in [3.05, 3.63) is 22.8 Å². The van der Waals surface area contributed by atoms with E-state index >= 15 is 0 Å². The number of carbonyl (C=O) groups is 1. The van der Waals surface area contributed by atoms with Gasteiger partial charge in [0, 0.05) is 18.7 Å². The Labute approximate surface area is 112 Å². The molecule has 0 radical (unpaired) electrons. The van der Waals surface area contributed by atoms with E-state index < -0.39 is 0 Å². The minimum Gasteiger partial charge on any atom is -0.370 e. The third-order valence-corrected chi connectivity index (χ3v) is 3.38. The maximum atomic E-state index is 12.0. The van der Waals surface area contributed by atoms with Gasteiger partial charge in [-0.3, -0.25) is 4.79 Å². The first-order valence-electron chi connectivity index (χ1n) is 6.38. The van der Waals surface area contributed by atoms with Crippen molar-refractivity contribution in [1.29, 1.82) is 0 Å². The van der Waals surface area contributed by atoms with Crippen LogP contribution < -0.4 is 10.6 Å². The van der Waals surface area contributed by atoms with Crippen LogP contribution in [-0.2, 0) is 0 Å². The van der Waals surface area contributed by atoms with E-state index in [1.165, 1.54) is 19.3 Å². The van der Waals surface area contributed by atoms with Gasteiger partial charge in [0.05, 0.1) is 0 Å². The van der Waals surface area contributed by atoms with Gasteiger partial charge in [0.2, 0.25) is 0 Å². The predicted molar refractivity (Wildman–Crippen MR) is 73.1 cm³/mol. The van der Waals surface area contributed by atoms with E-state index in [0.717, 1.165) is 13.1 Å². The van der Waals surface area contributed by atoms with Gasteiger partial charge < -0.3 is 10.6 Å². The number of nitrogens with one attached hydrogen (secondary N) is 2. The maximum Gasteiger partial charge on any atom is 0.251 e. The highest BCUT2D eigenvalue weighted by atomic mass is 35.5. The number of amides is 1. The van der Waals surface area contributed by atoms with Gasteiger partial charge >= 0.3 is 0 Å². The molecule has 1 saturated carbocycles. The van der Waals surface area contributed by atoms with E-state index in [1.54, 1.807) is 12.1 Å². The maximum absolute atomic E-state index is 12.0. The first-order valence-corrected chi connectivity index (χ1v) is 6.76. The average Bonchev–Trinajstić information content (AvgIpc) is 2.26. The standard InChI is InChI=1S/C13H18ClN3O/c1-2-15-12-7-10(6-11(14)17-12)13(18)16-8-9-4-3-5-9/h6-7,9H,2-5,8H2,1H3,(H,15,17)(H,16,18). The number of aromatic nitrogens is 1. The van der Waals surface area contributed by atoms with Crippen molar-refractivity contribution >= 4 is 23.3 Å². The van der Waals surface area contributed by atoms with Gasteiger partial charge in [0.1, 0.15) is 11.0 Å². The lowest BCUT2D eigenvalue weighted by Gasteiger charge is -2.25. The van der Waals surface area contributed by atoms with Crippen molar-refractivity contribution in [3.8, 4) is 0 Å². The van der Waals surface area contributed by atoms with Gasteiger partial charge in [0.15, 0.2) is 0 Å². The van der Waals surface area contributed by atoms with Crippen LogP contribution in [0.5, 0.6) is 0 Å². The van der Waals surface area contributed by atoms with Crippen molar-refractivity contribution in [3.63, 3.8) is 0 Å². The fourth-order valence-electron chi connectivity index (χ4n) is 1.94. The minimum atomic E-state index is -0.0784. The van der Waals surface area contributed by atoms with Crippen LogP contribution in [0, 0.1) is 5.92 Å². The summed E-state index contributed by atoms with van der Waals surface area (Å²) in [7, 11) is 0. The Morgan fingerprint density at radius 1 is 1.50 bits per heavy atom. The molecular weight excluding hydrogens is 250 g/mol. The van der Waals surface area contributed by atoms with E-state index in [0.29, 0.717) is 22.5 Å². The SMILES string of the molecule is CCNc1cc(C(=O)NCC2CCC2)cc(Cl)n1. The lowest BCUT2D eigenvalue weighted by atomic mass is 9.85. The first-order chi connectivity index (χ1) is 8.69. The number of rotatable bonds is 5. The summed E-state index contributed by atoms with van der Waals surface area (Å²) in [4.78, 5) is 16.1. The number of halogens is 1. The lowest BCUT2D eigenvalue weighted by molar-refractivity contribution is 0.0939. The fourth-order valence-corrected chi connectivity index (χ4v) is 2.14. The Morgan fingerprint density at radius 2 is 2.28 bits per heavy atom. The average molecular weight is 268 g/mol. The van der Waals surface area contributed by atoms with Gasteiger partial charge in [-0.15, -0.1) is 0 Å². The Morgan fingerprint density at radius 3 is 2.89 bits per heavy atom. The van der Waals surface area contributed by atoms with Crippen molar-refractivity contribution < 1.29 is 4.79 Å². The van der Waals surface area contributed by atoms with Crippen molar-refractivity contribution in [2.24, 2.45) is 5.92 Å². The number of hydrogen-bond donors (Lipinski definition) is 2. The molecule has 18 heavy (non-hydrogen) atoms. The minimum absolute atomic E-state index is 0.0784. The van der Waals surface area contributed by atoms with Crippen molar-refractivity contribution in [2.45, 2.75) is 26.2 Å². The Kier molecular flexibility index (Phi) is 4.42. The lowest BCUT2D eigenvalue weighted by Crippen LogP contribution is -2.32. The van der Waals surface area contributed by atoms with Gasteiger partial charge in [0.25, 0.3) is 5.91 Å². The molecule has 5 heteroatoms. The number of nitrogens with zero attached hydrogens (tertiary/aromatic N) is 1. The van der Waals surface area contributed by atoms with E-state index in [4.69, 9.17) is 11.6 Å². The van der Waals surface area contributed by atoms with Crippen LogP contribution in [0.4, 0.5) is 5.82 Å². The molecule has 0 saturated heterocycles. The second kappa shape index (κ2) is 6.05. The quantitative estimate of drug-likeness (QED) is 0.807. The van der Waals surface area contributed by atoms with Crippen molar-refractivity contribution in [2.75, 3.05) is 18.4 Å². The summed E-state index contributed by atoms with van der Waals surface area (Å²) in [5.41, 5.74) is 0.560. The molecule has 4 nitrogen and oxygen atoms in total. The summed E-state index contributed by atoms with van der Waals surface area (Å²) in [6.07, 6.45) is 3.73. The Bertz CT molecular complexity index is 432. The van der Waals surface area contributed by atoms with E-state index in [9.17, 15) is 4.79 Å². The van der Waals surface area contributed by atoms with Crippen LogP contribution in [-0.4, -0.2) is 24.0 Å². The van der Waals surface area contributed by atoms with E-state index in [-0.39, 0.29) is 5.91 Å². The highest BCUT2D eigenvalue weighted by Crippen LogP contribution is 2.25. The molecule has 1 aliphatic carbocycles. The second-order valence-electron chi connectivity index (χ2n) is 4.60. The first kappa shape index (κ1) is 13.1. The third-order valence-electron chi connectivity index (χ3n) is 3.19. The molecule has 2 N–H and O–H groups in total. The van der Waals surface area contributed by atoms with Crippen LogP contribution in [0.15, 0.2) is 12.1 Å². The molecule has 0 unspecified atom stereocenters. The largest absolute Gasteiger partial charge is 0.370 e. The van der Waals surface area contributed by atoms with E-state index in [2.05, 4.69) is 15.6 Å². The molecule has 2 rings (SSSR count). The Hall–Kier alpha value is -1.29. The molecule has 1 fully saturated rings.